The summed E-state index contributed by atoms with van der Waals surface area (Å²) < 4.78 is 10.7. The van der Waals surface area contributed by atoms with Crippen LogP contribution in [-0.2, 0) is 10.3 Å². The fourth-order valence-electron chi connectivity index (χ4n) is 1.38. The SMILES string of the molecule is CCOc1ccc(C2(C)CO2)cc1Cl. The van der Waals surface area contributed by atoms with Crippen molar-refractivity contribution in [3.05, 3.63) is 28.8 Å². The number of halogens is 1. The van der Waals surface area contributed by atoms with Crippen LogP contribution in [0.15, 0.2) is 18.2 Å². The van der Waals surface area contributed by atoms with Crippen molar-refractivity contribution in [2.75, 3.05) is 13.2 Å². The van der Waals surface area contributed by atoms with Crippen LogP contribution < -0.4 is 4.74 Å². The van der Waals surface area contributed by atoms with Crippen molar-refractivity contribution in [1.29, 1.82) is 0 Å². The first-order chi connectivity index (χ1) is 6.65. The van der Waals surface area contributed by atoms with E-state index in [4.69, 9.17) is 21.1 Å². The first kappa shape index (κ1) is 9.81. The van der Waals surface area contributed by atoms with Crippen LogP contribution in [0.4, 0.5) is 0 Å². The summed E-state index contributed by atoms with van der Waals surface area (Å²) >= 11 is 6.06. The molecule has 1 fully saturated rings. The van der Waals surface area contributed by atoms with Crippen molar-refractivity contribution < 1.29 is 9.47 Å². The Morgan fingerprint density at radius 3 is 2.79 bits per heavy atom. The zero-order chi connectivity index (χ0) is 10.2. The normalized spacial score (nSPS) is 24.8. The molecule has 0 N–H and O–H groups in total. The van der Waals surface area contributed by atoms with E-state index in [0.717, 1.165) is 17.9 Å². The molecule has 0 aliphatic carbocycles. The lowest BCUT2D eigenvalue weighted by Gasteiger charge is -2.09. The van der Waals surface area contributed by atoms with E-state index in [9.17, 15) is 0 Å². The fourth-order valence-corrected chi connectivity index (χ4v) is 1.61. The van der Waals surface area contributed by atoms with E-state index in [2.05, 4.69) is 6.92 Å². The summed E-state index contributed by atoms with van der Waals surface area (Å²) in [6.45, 7) is 5.40. The zero-order valence-electron chi connectivity index (χ0n) is 8.34. The fraction of sp³-hybridized carbons (Fsp3) is 0.455. The van der Waals surface area contributed by atoms with Gasteiger partial charge in [-0.15, -0.1) is 0 Å². The van der Waals surface area contributed by atoms with Gasteiger partial charge in [-0.25, -0.2) is 0 Å². The van der Waals surface area contributed by atoms with Gasteiger partial charge in [-0.1, -0.05) is 17.7 Å². The Kier molecular flexibility index (Phi) is 2.41. The van der Waals surface area contributed by atoms with Crippen LogP contribution in [0.25, 0.3) is 0 Å². The van der Waals surface area contributed by atoms with E-state index in [-0.39, 0.29) is 5.60 Å². The summed E-state index contributed by atoms with van der Waals surface area (Å²) in [6.07, 6.45) is 0. The zero-order valence-corrected chi connectivity index (χ0v) is 9.10. The maximum atomic E-state index is 6.06. The van der Waals surface area contributed by atoms with E-state index in [0.29, 0.717) is 11.6 Å². The Morgan fingerprint density at radius 2 is 2.29 bits per heavy atom. The Labute approximate surface area is 88.8 Å². The highest BCUT2D eigenvalue weighted by molar-refractivity contribution is 6.32. The Bertz CT molecular complexity index is 345. The van der Waals surface area contributed by atoms with E-state index >= 15 is 0 Å². The number of ether oxygens (including phenoxy) is 2. The molecule has 1 aromatic rings. The van der Waals surface area contributed by atoms with Gasteiger partial charge in [0.1, 0.15) is 11.4 Å². The highest BCUT2D eigenvalue weighted by Gasteiger charge is 2.41. The largest absolute Gasteiger partial charge is 0.492 e. The van der Waals surface area contributed by atoms with Crippen molar-refractivity contribution in [2.45, 2.75) is 19.4 Å². The molecule has 1 heterocycles. The molecule has 1 aliphatic heterocycles. The third-order valence-corrected chi connectivity index (χ3v) is 2.72. The average Bonchev–Trinajstić information content (AvgIpc) is 2.89. The van der Waals surface area contributed by atoms with Gasteiger partial charge in [-0.2, -0.15) is 0 Å². The van der Waals surface area contributed by atoms with Crippen LogP contribution in [0.3, 0.4) is 0 Å². The van der Waals surface area contributed by atoms with E-state index in [1.54, 1.807) is 0 Å². The molecule has 1 aromatic carbocycles. The molecule has 1 unspecified atom stereocenters. The number of hydrogen-bond acceptors (Lipinski definition) is 2. The van der Waals surface area contributed by atoms with Crippen molar-refractivity contribution >= 4 is 11.6 Å². The average molecular weight is 213 g/mol. The summed E-state index contributed by atoms with van der Waals surface area (Å²) in [5.41, 5.74) is 1.000. The van der Waals surface area contributed by atoms with Crippen molar-refractivity contribution in [3.63, 3.8) is 0 Å². The number of hydrogen-bond donors (Lipinski definition) is 0. The van der Waals surface area contributed by atoms with Gasteiger partial charge in [-0.3, -0.25) is 0 Å². The second kappa shape index (κ2) is 3.44. The van der Waals surface area contributed by atoms with Gasteiger partial charge in [0.2, 0.25) is 0 Å². The van der Waals surface area contributed by atoms with Crippen molar-refractivity contribution in [2.24, 2.45) is 0 Å². The molecule has 3 heteroatoms. The lowest BCUT2D eigenvalue weighted by atomic mass is 10.0. The molecule has 76 valence electrons. The minimum absolute atomic E-state index is 0.117. The summed E-state index contributed by atoms with van der Waals surface area (Å²) in [6, 6.07) is 5.82. The highest BCUT2D eigenvalue weighted by atomic mass is 35.5. The molecule has 0 bridgehead atoms. The highest BCUT2D eigenvalue weighted by Crippen LogP contribution is 2.40. The third-order valence-electron chi connectivity index (χ3n) is 2.42. The molecule has 1 saturated heterocycles. The quantitative estimate of drug-likeness (QED) is 0.719. The van der Waals surface area contributed by atoms with Crippen LogP contribution in [0, 0.1) is 0 Å². The topological polar surface area (TPSA) is 21.8 Å². The second-order valence-corrected chi connectivity index (χ2v) is 4.00. The maximum absolute atomic E-state index is 6.06. The summed E-state index contributed by atoms with van der Waals surface area (Å²) in [7, 11) is 0. The predicted octanol–water partition coefficient (Wildman–Crippen LogP) is 2.98. The minimum Gasteiger partial charge on any atom is -0.492 e. The Balaban J connectivity index is 2.26. The molecule has 0 amide bonds. The first-order valence-corrected chi connectivity index (χ1v) is 5.10. The van der Waals surface area contributed by atoms with E-state index in [1.165, 1.54) is 0 Å². The Morgan fingerprint density at radius 1 is 1.57 bits per heavy atom. The first-order valence-electron chi connectivity index (χ1n) is 4.72. The van der Waals surface area contributed by atoms with Crippen LogP contribution in [0.5, 0.6) is 5.75 Å². The summed E-state index contributed by atoms with van der Waals surface area (Å²) in [5, 5.41) is 0.654. The van der Waals surface area contributed by atoms with Crippen LogP contribution in [0.1, 0.15) is 19.4 Å². The third kappa shape index (κ3) is 1.72. The molecule has 0 saturated carbocycles. The van der Waals surface area contributed by atoms with Crippen LogP contribution in [-0.4, -0.2) is 13.2 Å². The van der Waals surface area contributed by atoms with Gasteiger partial charge in [0, 0.05) is 0 Å². The molecule has 0 aromatic heterocycles. The van der Waals surface area contributed by atoms with Gasteiger partial charge < -0.3 is 9.47 Å². The van der Waals surface area contributed by atoms with E-state index < -0.39 is 0 Å². The van der Waals surface area contributed by atoms with Crippen molar-refractivity contribution in [1.82, 2.24) is 0 Å². The molecule has 1 atom stereocenters. The molecule has 14 heavy (non-hydrogen) atoms. The molecule has 2 nitrogen and oxygen atoms in total. The van der Waals surface area contributed by atoms with Gasteiger partial charge in [0.25, 0.3) is 0 Å². The number of epoxide rings is 1. The molecule has 1 aliphatic rings. The minimum atomic E-state index is -0.117. The van der Waals surface area contributed by atoms with Gasteiger partial charge in [-0.05, 0) is 31.5 Å². The van der Waals surface area contributed by atoms with Gasteiger partial charge in [0.05, 0.1) is 18.2 Å². The standard InChI is InChI=1S/C11H13ClO2/c1-3-13-10-5-4-8(6-9(10)12)11(2)7-14-11/h4-6H,3,7H2,1-2H3. The molecular formula is C11H13ClO2. The van der Waals surface area contributed by atoms with Crippen LogP contribution in [0.2, 0.25) is 5.02 Å². The maximum Gasteiger partial charge on any atom is 0.137 e. The van der Waals surface area contributed by atoms with Crippen LogP contribution >= 0.6 is 11.6 Å². The van der Waals surface area contributed by atoms with E-state index in [1.807, 2.05) is 25.1 Å². The van der Waals surface area contributed by atoms with Gasteiger partial charge >= 0.3 is 0 Å². The number of benzene rings is 1. The summed E-state index contributed by atoms with van der Waals surface area (Å²) in [4.78, 5) is 0. The lowest BCUT2D eigenvalue weighted by Crippen LogP contribution is -2.02. The smallest absolute Gasteiger partial charge is 0.137 e. The van der Waals surface area contributed by atoms with Crippen molar-refractivity contribution in [3.8, 4) is 5.75 Å². The molecule has 0 spiro atoms. The Hall–Kier alpha value is -0.730. The second-order valence-electron chi connectivity index (χ2n) is 3.60. The molecule has 0 radical (unpaired) electrons. The predicted molar refractivity (Wildman–Crippen MR) is 55.9 cm³/mol. The van der Waals surface area contributed by atoms with Gasteiger partial charge in [0.15, 0.2) is 0 Å². The lowest BCUT2D eigenvalue weighted by molar-refractivity contribution is 0.327. The monoisotopic (exact) mass is 212 g/mol. The molecular weight excluding hydrogens is 200 g/mol. The molecule has 2 rings (SSSR count). The summed E-state index contributed by atoms with van der Waals surface area (Å²) in [5.74, 6) is 0.738. The number of rotatable bonds is 3.